The smallest absolute Gasteiger partial charge is 0.305 e. The van der Waals surface area contributed by atoms with E-state index in [1.165, 1.54) is 89.9 Å². The molecule has 56 heavy (non-hydrogen) atoms. The Morgan fingerprint density at radius 2 is 1.09 bits per heavy atom. The van der Waals surface area contributed by atoms with Crippen LogP contribution in [0.3, 0.4) is 0 Å². The van der Waals surface area contributed by atoms with Crippen LogP contribution in [0.4, 0.5) is 0 Å². The van der Waals surface area contributed by atoms with Gasteiger partial charge in [-0.15, -0.1) is 0 Å². The van der Waals surface area contributed by atoms with Crippen molar-refractivity contribution in [1.29, 1.82) is 0 Å². The molecule has 0 fully saturated rings. The molecule has 7 nitrogen and oxygen atoms in total. The third-order valence-electron chi connectivity index (χ3n) is 11.1. The average molecular weight is 785 g/mol. The molecule has 1 N–H and O–H groups in total. The van der Waals surface area contributed by atoms with Crippen molar-refractivity contribution in [2.45, 2.75) is 226 Å². The molecule has 0 aliphatic rings. The van der Waals surface area contributed by atoms with Crippen LogP contribution in [0.25, 0.3) is 0 Å². The molecule has 0 saturated heterocycles. The van der Waals surface area contributed by atoms with Gasteiger partial charge in [0.1, 0.15) is 0 Å². The van der Waals surface area contributed by atoms with Gasteiger partial charge in [0.15, 0.2) is 0 Å². The van der Waals surface area contributed by atoms with E-state index in [2.05, 4.69) is 68.6 Å². The second-order valence-corrected chi connectivity index (χ2v) is 16.8. The number of amides is 1. The van der Waals surface area contributed by atoms with Crippen LogP contribution in [-0.2, 0) is 23.9 Å². The Balaban J connectivity index is 4.21. The predicted octanol–water partition coefficient (Wildman–Crippen LogP) is 12.8. The van der Waals surface area contributed by atoms with E-state index >= 15 is 0 Å². The molecule has 0 saturated carbocycles. The van der Waals surface area contributed by atoms with Crippen LogP contribution in [0.1, 0.15) is 214 Å². The number of hydrogen-bond acceptors (Lipinski definition) is 6. The monoisotopic (exact) mass is 785 g/mol. The number of ether oxygens (including phenoxy) is 2. The van der Waals surface area contributed by atoms with E-state index in [1.54, 1.807) is 0 Å². The fraction of sp³-hybridized carbons (Fsp3) is 0.837. The molecule has 324 valence electrons. The van der Waals surface area contributed by atoms with Crippen LogP contribution in [0.15, 0.2) is 29.8 Å². The number of unbranched alkanes of at least 4 members (excludes halogenated alkanes) is 16. The molecule has 0 spiro atoms. The number of nitrogens with one attached hydrogen (secondary N) is 1. The number of likely N-dealkylation sites (N-methyl/N-ethyl adjacent to an activating group) is 1. The lowest BCUT2D eigenvalue weighted by atomic mass is 9.98. The van der Waals surface area contributed by atoms with Gasteiger partial charge in [0.05, 0.1) is 19.8 Å². The van der Waals surface area contributed by atoms with Crippen molar-refractivity contribution in [2.24, 2.45) is 11.8 Å². The van der Waals surface area contributed by atoms with Crippen molar-refractivity contribution in [1.82, 2.24) is 10.2 Å². The molecule has 0 radical (unpaired) electrons. The molecule has 0 aliphatic heterocycles. The Morgan fingerprint density at radius 3 is 1.59 bits per heavy atom. The average Bonchev–Trinajstić information content (AvgIpc) is 3.16. The molecule has 0 aromatic rings. The summed E-state index contributed by atoms with van der Waals surface area (Å²) < 4.78 is 11.0. The van der Waals surface area contributed by atoms with Crippen molar-refractivity contribution in [3.05, 3.63) is 29.8 Å². The Bertz CT molecular complexity index is 1090. The summed E-state index contributed by atoms with van der Waals surface area (Å²) in [6.45, 7) is 15.9. The fourth-order valence-corrected chi connectivity index (χ4v) is 6.97. The minimum absolute atomic E-state index is 0.0362. The largest absolute Gasteiger partial charge is 0.466 e. The van der Waals surface area contributed by atoms with Crippen LogP contribution in [0, 0.1) is 11.8 Å². The SMILES string of the molecule is C=C=C=C=CC(CCCCC)CCOC(=O)CCCCCCCCCC(CCCCCCCCCC(=O)OCCC(C)CCCCC)NC(=O)CN(C)C(C)C. The number of nitrogens with zero attached hydrogens (tertiary/aromatic N) is 1. The second-order valence-electron chi connectivity index (χ2n) is 16.8. The van der Waals surface area contributed by atoms with E-state index in [1.807, 2.05) is 13.1 Å². The lowest BCUT2D eigenvalue weighted by molar-refractivity contribution is -0.145. The van der Waals surface area contributed by atoms with Crippen LogP contribution >= 0.6 is 0 Å². The summed E-state index contributed by atoms with van der Waals surface area (Å²) in [5.74, 6) is 0.983. The number of esters is 2. The zero-order chi connectivity index (χ0) is 41.5. The van der Waals surface area contributed by atoms with Gasteiger partial charge in [-0.05, 0) is 96.1 Å². The second kappa shape index (κ2) is 39.3. The first kappa shape index (κ1) is 53.5. The normalized spacial score (nSPS) is 12.7. The van der Waals surface area contributed by atoms with Crippen molar-refractivity contribution in [3.63, 3.8) is 0 Å². The van der Waals surface area contributed by atoms with E-state index in [0.29, 0.717) is 50.5 Å². The number of allylic oxidation sites excluding steroid dienone is 1. The highest BCUT2D eigenvalue weighted by Gasteiger charge is 2.15. The van der Waals surface area contributed by atoms with Gasteiger partial charge in [-0.3, -0.25) is 19.3 Å². The molecule has 0 rings (SSSR count). The Kier molecular flexibility index (Phi) is 37.5. The third-order valence-corrected chi connectivity index (χ3v) is 11.1. The standard InChI is InChI=1S/C49H88N2O5/c1-8-11-24-31-44(6)38-40-55-48(53)36-29-22-18-14-16-20-27-34-46(50-47(52)42-51(7)43(4)5)35-28-21-17-15-19-23-30-37-49(54)56-41-39-45(32-25-12-9-2)33-26-13-10-3/h32,43-46H,2,8,10-11,13-24,26-31,33-42H2,1,3-7H3,(H,50,52). The summed E-state index contributed by atoms with van der Waals surface area (Å²) in [4.78, 5) is 39.3. The number of hydrogen-bond donors (Lipinski definition) is 1. The minimum atomic E-state index is -0.0851. The first-order valence-corrected chi connectivity index (χ1v) is 23.3. The van der Waals surface area contributed by atoms with Crippen molar-refractivity contribution in [2.75, 3.05) is 26.8 Å². The van der Waals surface area contributed by atoms with Crippen LogP contribution < -0.4 is 5.32 Å². The Hall–Kier alpha value is -2.55. The summed E-state index contributed by atoms with van der Waals surface area (Å²) >= 11 is 0. The van der Waals surface area contributed by atoms with Crippen LogP contribution in [0.5, 0.6) is 0 Å². The molecule has 0 heterocycles. The van der Waals surface area contributed by atoms with E-state index in [4.69, 9.17) is 9.47 Å². The topological polar surface area (TPSA) is 84.9 Å². The van der Waals surface area contributed by atoms with Crippen molar-refractivity contribution < 1.29 is 23.9 Å². The Morgan fingerprint density at radius 1 is 0.625 bits per heavy atom. The van der Waals surface area contributed by atoms with Gasteiger partial charge in [0.2, 0.25) is 5.91 Å². The van der Waals surface area contributed by atoms with Crippen molar-refractivity contribution >= 4 is 17.8 Å². The summed E-state index contributed by atoms with van der Waals surface area (Å²) in [7, 11) is 2.01. The van der Waals surface area contributed by atoms with E-state index in [-0.39, 0.29) is 23.9 Å². The maximum atomic E-state index is 12.8. The molecule has 3 unspecified atom stereocenters. The lowest BCUT2D eigenvalue weighted by Gasteiger charge is -2.23. The molecule has 0 aromatic heterocycles. The highest BCUT2D eigenvalue weighted by molar-refractivity contribution is 5.78. The third kappa shape index (κ3) is 35.8. The first-order valence-electron chi connectivity index (χ1n) is 23.3. The predicted molar refractivity (Wildman–Crippen MR) is 236 cm³/mol. The van der Waals surface area contributed by atoms with Crippen LogP contribution in [0.2, 0.25) is 0 Å². The van der Waals surface area contributed by atoms with Gasteiger partial charge < -0.3 is 14.8 Å². The van der Waals surface area contributed by atoms with Crippen molar-refractivity contribution in [3.8, 4) is 0 Å². The first-order chi connectivity index (χ1) is 27.1. The Labute approximate surface area is 346 Å². The zero-order valence-corrected chi connectivity index (χ0v) is 37.5. The summed E-state index contributed by atoms with van der Waals surface area (Å²) in [5, 5.41) is 3.36. The quantitative estimate of drug-likeness (QED) is 0.0380. The van der Waals surface area contributed by atoms with Gasteiger partial charge in [-0.25, -0.2) is 0 Å². The van der Waals surface area contributed by atoms with Crippen LogP contribution in [-0.4, -0.2) is 61.6 Å². The molecule has 0 bridgehead atoms. The molecule has 7 heteroatoms. The number of rotatable bonds is 39. The maximum Gasteiger partial charge on any atom is 0.305 e. The van der Waals surface area contributed by atoms with Gasteiger partial charge in [0.25, 0.3) is 0 Å². The van der Waals surface area contributed by atoms with E-state index in [0.717, 1.165) is 77.0 Å². The number of carbonyl (C=O) groups excluding carboxylic acids is 3. The molecular weight excluding hydrogens is 697 g/mol. The summed E-state index contributed by atoms with van der Waals surface area (Å²) in [5.41, 5.74) is 8.38. The zero-order valence-electron chi connectivity index (χ0n) is 37.5. The van der Waals surface area contributed by atoms with Gasteiger partial charge in [-0.1, -0.05) is 154 Å². The van der Waals surface area contributed by atoms with Gasteiger partial charge >= 0.3 is 11.9 Å². The molecular formula is C49H88N2O5. The minimum Gasteiger partial charge on any atom is -0.466 e. The molecule has 3 atom stereocenters. The highest BCUT2D eigenvalue weighted by atomic mass is 16.5. The molecule has 0 aromatic carbocycles. The maximum absolute atomic E-state index is 12.8. The van der Waals surface area contributed by atoms with E-state index in [9.17, 15) is 14.4 Å². The van der Waals surface area contributed by atoms with E-state index < -0.39 is 0 Å². The summed E-state index contributed by atoms with van der Waals surface area (Å²) in [6.07, 6.45) is 32.3. The fourth-order valence-electron chi connectivity index (χ4n) is 6.97. The molecule has 0 aliphatic carbocycles. The molecule has 1 amide bonds. The van der Waals surface area contributed by atoms with Gasteiger partial charge in [-0.2, -0.15) is 0 Å². The summed E-state index contributed by atoms with van der Waals surface area (Å²) in [6, 6.07) is 0.579. The lowest BCUT2D eigenvalue weighted by Crippen LogP contribution is -2.42. The van der Waals surface area contributed by atoms with Gasteiger partial charge in [0, 0.05) is 24.9 Å². The highest BCUT2D eigenvalue weighted by Crippen LogP contribution is 2.18. The number of carbonyl (C=O) groups is 3.